The van der Waals surface area contributed by atoms with Crippen LogP contribution < -0.4 is 0 Å². The Labute approximate surface area is 351 Å². The third-order valence-corrected chi connectivity index (χ3v) is 7.65. The molecule has 2 heterocycles. The molecule has 0 saturated heterocycles. The van der Waals surface area contributed by atoms with Crippen molar-refractivity contribution < 1.29 is 33.0 Å². The number of hydrogen-bond acceptors (Lipinski definition) is 4. The quantitative estimate of drug-likeness (QED) is 0.111. The van der Waals surface area contributed by atoms with Gasteiger partial charge in [-0.1, -0.05) is 67.5 Å². The number of aromatic nitrogens is 2. The van der Waals surface area contributed by atoms with E-state index in [2.05, 4.69) is 89.6 Å². The van der Waals surface area contributed by atoms with Crippen LogP contribution in [0.2, 0.25) is 0 Å². The van der Waals surface area contributed by atoms with Crippen LogP contribution >= 0.6 is 67.9 Å². The van der Waals surface area contributed by atoms with Gasteiger partial charge in [-0.2, -0.15) is 0 Å². The fourth-order valence-electron chi connectivity index (χ4n) is 5.25. The van der Waals surface area contributed by atoms with Crippen molar-refractivity contribution in [2.24, 2.45) is 9.98 Å². The van der Waals surface area contributed by atoms with Crippen molar-refractivity contribution in [3.63, 3.8) is 0 Å². The van der Waals surface area contributed by atoms with Crippen molar-refractivity contribution in [1.82, 2.24) is 9.97 Å². The Hall–Kier alpha value is -1.01. The smallest absolute Gasteiger partial charge is 0.0695 e. The second-order valence-corrected chi connectivity index (χ2v) is 12.3. The summed E-state index contributed by atoms with van der Waals surface area (Å²) in [4.78, 5) is 19.0. The van der Waals surface area contributed by atoms with E-state index in [0.29, 0.717) is 23.7 Å². The second-order valence-electron chi connectivity index (χ2n) is 12.3. The Morgan fingerprint density at radius 3 is 1.02 bits per heavy atom. The molecule has 0 aliphatic carbocycles. The number of pyridine rings is 2. The van der Waals surface area contributed by atoms with E-state index in [1.807, 2.05) is 61.2 Å². The summed E-state index contributed by atoms with van der Waals surface area (Å²) in [5.41, 5.74) is 11.9. The molecule has 0 atom stereocenters. The summed E-state index contributed by atoms with van der Waals surface area (Å²) >= 11 is 0. The van der Waals surface area contributed by atoms with Crippen molar-refractivity contribution in [3.05, 3.63) is 107 Å². The molecule has 270 valence electrons. The summed E-state index contributed by atoms with van der Waals surface area (Å²) in [5, 5.41) is 0. The second kappa shape index (κ2) is 25.0. The maximum Gasteiger partial charge on any atom is 0.0695 e. The average Bonchev–Trinajstić information content (AvgIpc) is 2.97. The van der Waals surface area contributed by atoms with Crippen molar-refractivity contribution in [2.45, 2.75) is 91.9 Å². The number of aliphatic imine (C=N–C) groups is 2. The zero-order valence-electron chi connectivity index (χ0n) is 28.9. The molecule has 10 heteroatoms. The molecule has 4 rings (SSSR count). The van der Waals surface area contributed by atoms with Crippen LogP contribution in [0.25, 0.3) is 11.1 Å². The molecule has 0 bridgehead atoms. The summed E-state index contributed by atoms with van der Waals surface area (Å²) in [6, 6.07) is 21.5. The molecular weight excluding hydrogens is 949 g/mol. The van der Waals surface area contributed by atoms with Gasteiger partial charge in [-0.15, -0.1) is 67.9 Å². The third-order valence-electron chi connectivity index (χ3n) is 7.65. The van der Waals surface area contributed by atoms with Gasteiger partial charge >= 0.3 is 0 Å². The fraction of sp³-hybridized carbons (Fsp3) is 0.368. The van der Waals surface area contributed by atoms with Crippen molar-refractivity contribution in [1.29, 1.82) is 0 Å². The van der Waals surface area contributed by atoms with E-state index >= 15 is 0 Å². The molecule has 48 heavy (non-hydrogen) atoms. The number of halogens is 4. The Kier molecular flexibility index (Phi) is 26.8. The molecule has 4 aromatic rings. The number of hydrogen-bond donors (Lipinski definition) is 0. The summed E-state index contributed by atoms with van der Waals surface area (Å²) < 4.78 is 0. The van der Waals surface area contributed by atoms with Gasteiger partial charge in [0.15, 0.2) is 0 Å². The fourth-order valence-corrected chi connectivity index (χ4v) is 5.25. The Bertz CT molecular complexity index is 1370. The SMILES string of the molecule is Br.Br.Br.Br.CC(C)c1cc(-c2cc(C(C)C)c(N=CCc3ccccn3)c(C(C)C)c2)cc(C(C)C)c1N=CCc1ccccn1.[Ni].[Ni]. The molecule has 4 nitrogen and oxygen atoms in total. The van der Waals surface area contributed by atoms with Gasteiger partial charge in [-0.05, 0) is 106 Å². The maximum atomic E-state index is 5.05. The maximum absolute atomic E-state index is 5.05. The van der Waals surface area contributed by atoms with Gasteiger partial charge in [-0.3, -0.25) is 20.0 Å². The zero-order valence-corrected chi connectivity index (χ0v) is 37.7. The van der Waals surface area contributed by atoms with E-state index in [4.69, 9.17) is 9.98 Å². The summed E-state index contributed by atoms with van der Waals surface area (Å²) in [7, 11) is 0. The number of rotatable bonds is 11. The van der Waals surface area contributed by atoms with Crippen LogP contribution in [0.4, 0.5) is 11.4 Å². The van der Waals surface area contributed by atoms with E-state index in [9.17, 15) is 0 Å². The van der Waals surface area contributed by atoms with Crippen molar-refractivity contribution in [3.8, 4) is 11.1 Å². The first-order valence-electron chi connectivity index (χ1n) is 15.4. The minimum absolute atomic E-state index is 0. The number of nitrogens with zero attached hydrogens (tertiary/aromatic N) is 4. The predicted molar refractivity (Wildman–Crippen MR) is 222 cm³/mol. The van der Waals surface area contributed by atoms with E-state index in [0.717, 1.165) is 35.6 Å². The average molecular weight is 1000 g/mol. The molecule has 0 unspecified atom stereocenters. The Morgan fingerprint density at radius 1 is 0.500 bits per heavy atom. The Morgan fingerprint density at radius 2 is 0.792 bits per heavy atom. The van der Waals surface area contributed by atoms with E-state index in [1.54, 1.807) is 0 Å². The van der Waals surface area contributed by atoms with Gasteiger partial charge in [0.2, 0.25) is 0 Å². The first-order chi connectivity index (χ1) is 20.2. The Balaban J connectivity index is -0.00000337. The first kappa shape index (κ1) is 51.4. The molecule has 0 saturated carbocycles. The zero-order chi connectivity index (χ0) is 30.2. The molecule has 0 aliphatic heterocycles. The molecule has 0 aliphatic rings. The van der Waals surface area contributed by atoms with Crippen LogP contribution in [0.15, 0.2) is 83.0 Å². The minimum Gasteiger partial charge on any atom is -0.261 e. The van der Waals surface area contributed by atoms with Crippen LogP contribution in [-0.4, -0.2) is 22.4 Å². The van der Waals surface area contributed by atoms with Gasteiger partial charge in [0, 0.05) is 82.0 Å². The molecule has 0 amide bonds. The summed E-state index contributed by atoms with van der Waals surface area (Å²) in [6.45, 7) is 18.1. The van der Waals surface area contributed by atoms with Gasteiger partial charge in [0.25, 0.3) is 0 Å². The summed E-state index contributed by atoms with van der Waals surface area (Å²) in [5.74, 6) is 1.37. The molecule has 2 aromatic heterocycles. The van der Waals surface area contributed by atoms with Gasteiger partial charge in [-0.25, -0.2) is 0 Å². The van der Waals surface area contributed by atoms with Crippen LogP contribution in [0.5, 0.6) is 0 Å². The van der Waals surface area contributed by atoms with Gasteiger partial charge < -0.3 is 0 Å². The van der Waals surface area contributed by atoms with Crippen LogP contribution in [0, 0.1) is 0 Å². The molecular formula is C38H50Br4N4Ni2. The minimum atomic E-state index is 0. The van der Waals surface area contributed by atoms with E-state index in [-0.39, 0.29) is 101 Å². The van der Waals surface area contributed by atoms with Crippen LogP contribution in [0.1, 0.15) is 113 Å². The van der Waals surface area contributed by atoms with E-state index in [1.165, 1.54) is 33.4 Å². The summed E-state index contributed by atoms with van der Waals surface area (Å²) in [6.07, 6.45) is 9.14. The largest absolute Gasteiger partial charge is 0.261 e. The molecule has 0 N–H and O–H groups in total. The first-order valence-corrected chi connectivity index (χ1v) is 15.4. The van der Waals surface area contributed by atoms with Gasteiger partial charge in [0.1, 0.15) is 0 Å². The topological polar surface area (TPSA) is 50.5 Å². The monoisotopic (exact) mass is 994 g/mol. The standard InChI is InChI=1S/C38H46N4.4BrH.2Ni/c1-25(2)33-21-29(22-34(26(3)4)37(33)41-19-15-31-13-9-11-17-39-31)30-23-35(27(5)6)38(36(24-30)28(7)8)42-20-16-32-14-10-12-18-40-32;;;;;;/h9-14,17-28H,15-16H2,1-8H3;4*1H;;. The molecule has 2 aromatic carbocycles. The third kappa shape index (κ3) is 14.0. The van der Waals surface area contributed by atoms with Crippen LogP contribution in [0.3, 0.4) is 0 Å². The molecule has 0 radical (unpaired) electrons. The molecule has 0 spiro atoms. The van der Waals surface area contributed by atoms with E-state index < -0.39 is 0 Å². The molecule has 0 fully saturated rings. The van der Waals surface area contributed by atoms with Gasteiger partial charge in [0.05, 0.1) is 11.4 Å². The number of benzene rings is 2. The van der Waals surface area contributed by atoms with Crippen molar-refractivity contribution in [2.75, 3.05) is 0 Å². The van der Waals surface area contributed by atoms with Crippen molar-refractivity contribution >= 4 is 91.7 Å². The van der Waals surface area contributed by atoms with Crippen LogP contribution in [-0.2, 0) is 45.8 Å². The normalized spacial score (nSPS) is 10.7. The predicted octanol–water partition coefficient (Wildman–Crippen LogP) is 12.8.